The normalized spacial score (nSPS) is 9.22. The van der Waals surface area contributed by atoms with Crippen LogP contribution in [0.1, 0.15) is 5.56 Å². The fourth-order valence-electron chi connectivity index (χ4n) is 1.65. The SMILES string of the molecule is N#CC(C#N)=C(C[n+]1ccsc1)c1ccccc1. The molecule has 0 atom stereocenters. The van der Waals surface area contributed by atoms with Crippen LogP contribution < -0.4 is 4.57 Å². The molecule has 1 heterocycles. The quantitative estimate of drug-likeness (QED) is 0.622. The van der Waals surface area contributed by atoms with Gasteiger partial charge >= 0.3 is 0 Å². The van der Waals surface area contributed by atoms with Gasteiger partial charge in [-0.2, -0.15) is 15.1 Å². The average molecular weight is 252 g/mol. The Kier molecular flexibility index (Phi) is 3.86. The molecular weight excluding hydrogens is 242 g/mol. The maximum atomic E-state index is 9.05. The predicted octanol–water partition coefficient (Wildman–Crippen LogP) is 2.54. The Hall–Kier alpha value is -2.43. The third kappa shape index (κ3) is 2.63. The molecule has 2 aromatic rings. The molecule has 1 aromatic heterocycles. The lowest BCUT2D eigenvalue weighted by Crippen LogP contribution is -2.31. The fourth-order valence-corrected chi connectivity index (χ4v) is 2.25. The number of nitriles is 2. The van der Waals surface area contributed by atoms with Gasteiger partial charge in [-0.1, -0.05) is 41.7 Å². The molecular formula is C14H10N3S+. The first-order valence-corrected chi connectivity index (χ1v) is 6.29. The van der Waals surface area contributed by atoms with Gasteiger partial charge in [-0.25, -0.2) is 0 Å². The van der Waals surface area contributed by atoms with E-state index < -0.39 is 0 Å². The van der Waals surface area contributed by atoms with Gasteiger partial charge in [0, 0.05) is 0 Å². The molecule has 0 fully saturated rings. The first-order valence-electron chi connectivity index (χ1n) is 5.35. The van der Waals surface area contributed by atoms with Crippen molar-refractivity contribution in [1.82, 2.24) is 0 Å². The van der Waals surface area contributed by atoms with E-state index in [1.54, 1.807) is 11.3 Å². The van der Waals surface area contributed by atoms with E-state index in [9.17, 15) is 0 Å². The van der Waals surface area contributed by atoms with Gasteiger partial charge in [-0.05, 0) is 5.56 Å². The number of hydrogen-bond donors (Lipinski definition) is 0. The molecule has 0 aliphatic heterocycles. The summed E-state index contributed by atoms with van der Waals surface area (Å²) in [5, 5.41) is 20.1. The lowest BCUT2D eigenvalue weighted by molar-refractivity contribution is -0.679. The van der Waals surface area contributed by atoms with Crippen LogP contribution in [0.4, 0.5) is 0 Å². The summed E-state index contributed by atoms with van der Waals surface area (Å²) < 4.78 is 1.96. The highest BCUT2D eigenvalue weighted by molar-refractivity contribution is 7.07. The number of nitrogens with zero attached hydrogens (tertiary/aromatic N) is 3. The van der Waals surface area contributed by atoms with Crippen molar-refractivity contribution in [2.75, 3.05) is 0 Å². The molecule has 3 nitrogen and oxygen atoms in total. The molecule has 2 rings (SSSR count). The van der Waals surface area contributed by atoms with Gasteiger partial charge < -0.3 is 0 Å². The Bertz CT molecular complexity index is 612. The Morgan fingerprint density at radius 1 is 1.17 bits per heavy atom. The van der Waals surface area contributed by atoms with Crippen LogP contribution in [0.3, 0.4) is 0 Å². The van der Waals surface area contributed by atoms with Gasteiger partial charge in [0.25, 0.3) is 0 Å². The second kappa shape index (κ2) is 5.77. The minimum Gasteiger partial charge on any atom is -0.192 e. The van der Waals surface area contributed by atoms with E-state index in [0.717, 1.165) is 11.1 Å². The molecule has 0 aliphatic rings. The Morgan fingerprint density at radius 2 is 1.89 bits per heavy atom. The number of allylic oxidation sites excluding steroid dienone is 2. The van der Waals surface area contributed by atoms with Gasteiger partial charge in [0.15, 0.2) is 12.7 Å². The third-order valence-electron chi connectivity index (χ3n) is 2.52. The van der Waals surface area contributed by atoms with Crippen molar-refractivity contribution in [3.63, 3.8) is 0 Å². The number of aromatic nitrogens is 1. The molecule has 0 bridgehead atoms. The standard InChI is InChI=1S/C14H10N3S/c15-8-13(9-16)14(10-17-6-7-18-11-17)12-4-2-1-3-5-12/h1-7,11H,10H2/q+1. The van der Waals surface area contributed by atoms with Crippen molar-refractivity contribution in [2.24, 2.45) is 0 Å². The summed E-state index contributed by atoms with van der Waals surface area (Å²) in [5.41, 5.74) is 3.79. The van der Waals surface area contributed by atoms with Crippen LogP contribution in [-0.2, 0) is 6.54 Å². The molecule has 18 heavy (non-hydrogen) atoms. The number of benzene rings is 1. The second-order valence-electron chi connectivity index (χ2n) is 3.64. The highest BCUT2D eigenvalue weighted by Crippen LogP contribution is 2.18. The van der Waals surface area contributed by atoms with E-state index >= 15 is 0 Å². The van der Waals surface area contributed by atoms with Crippen LogP contribution in [0, 0.1) is 22.7 Å². The zero-order chi connectivity index (χ0) is 12.8. The summed E-state index contributed by atoms with van der Waals surface area (Å²) in [6, 6.07) is 13.5. The molecule has 0 unspecified atom stereocenters. The topological polar surface area (TPSA) is 51.5 Å². The van der Waals surface area contributed by atoms with Gasteiger partial charge in [0.2, 0.25) is 5.51 Å². The molecule has 1 aromatic carbocycles. The largest absolute Gasteiger partial charge is 0.224 e. The monoisotopic (exact) mass is 252 g/mol. The summed E-state index contributed by atoms with van der Waals surface area (Å²) >= 11 is 1.58. The molecule has 86 valence electrons. The van der Waals surface area contributed by atoms with Crippen molar-refractivity contribution in [3.8, 4) is 12.1 Å². The molecule has 0 N–H and O–H groups in total. The van der Waals surface area contributed by atoms with Crippen LogP contribution in [0.25, 0.3) is 5.57 Å². The minimum atomic E-state index is 0.167. The van der Waals surface area contributed by atoms with Crippen molar-refractivity contribution < 1.29 is 4.57 Å². The van der Waals surface area contributed by atoms with Crippen LogP contribution in [0.15, 0.2) is 53.0 Å². The van der Waals surface area contributed by atoms with Crippen LogP contribution in [0.5, 0.6) is 0 Å². The molecule has 0 amide bonds. The van der Waals surface area contributed by atoms with Crippen molar-refractivity contribution in [3.05, 3.63) is 58.6 Å². The van der Waals surface area contributed by atoms with E-state index in [1.165, 1.54) is 0 Å². The molecule has 0 saturated heterocycles. The van der Waals surface area contributed by atoms with E-state index in [1.807, 2.05) is 64.1 Å². The minimum absolute atomic E-state index is 0.167. The van der Waals surface area contributed by atoms with Gasteiger partial charge in [0.1, 0.15) is 17.7 Å². The maximum Gasteiger partial charge on any atom is 0.224 e. The van der Waals surface area contributed by atoms with Gasteiger partial charge in [0.05, 0.1) is 11.0 Å². The molecule has 4 heteroatoms. The van der Waals surface area contributed by atoms with Crippen molar-refractivity contribution in [1.29, 1.82) is 10.5 Å². The maximum absolute atomic E-state index is 9.05. The van der Waals surface area contributed by atoms with Crippen molar-refractivity contribution >= 4 is 16.9 Å². The van der Waals surface area contributed by atoms with Crippen LogP contribution >= 0.6 is 11.3 Å². The van der Waals surface area contributed by atoms with E-state index in [4.69, 9.17) is 10.5 Å². The second-order valence-corrected chi connectivity index (χ2v) is 4.40. The highest BCUT2D eigenvalue weighted by atomic mass is 32.1. The average Bonchev–Trinajstić information content (AvgIpc) is 2.93. The van der Waals surface area contributed by atoms with Gasteiger partial charge in [-0.3, -0.25) is 0 Å². The number of hydrogen-bond acceptors (Lipinski definition) is 3. The fraction of sp³-hybridized carbons (Fsp3) is 0.0714. The Balaban J connectivity index is 2.47. The predicted molar refractivity (Wildman–Crippen MR) is 69.1 cm³/mol. The number of rotatable bonds is 3. The highest BCUT2D eigenvalue weighted by Gasteiger charge is 2.14. The molecule has 0 spiro atoms. The first kappa shape index (κ1) is 12.0. The van der Waals surface area contributed by atoms with Gasteiger partial charge in [-0.15, -0.1) is 0 Å². The lowest BCUT2D eigenvalue weighted by atomic mass is 10.0. The number of thiazole rings is 1. The molecule has 0 saturated carbocycles. The lowest BCUT2D eigenvalue weighted by Gasteiger charge is -2.03. The summed E-state index contributed by atoms with van der Waals surface area (Å²) in [5.74, 6) is 0. The Morgan fingerprint density at radius 3 is 2.44 bits per heavy atom. The van der Waals surface area contributed by atoms with E-state index in [2.05, 4.69) is 0 Å². The molecule has 0 radical (unpaired) electrons. The van der Waals surface area contributed by atoms with Crippen LogP contribution in [-0.4, -0.2) is 0 Å². The zero-order valence-corrected chi connectivity index (χ0v) is 10.4. The third-order valence-corrected chi connectivity index (χ3v) is 3.19. The van der Waals surface area contributed by atoms with E-state index in [-0.39, 0.29) is 5.57 Å². The zero-order valence-electron chi connectivity index (χ0n) is 9.58. The summed E-state index contributed by atoms with van der Waals surface area (Å²) in [6.45, 7) is 0.532. The van der Waals surface area contributed by atoms with Crippen molar-refractivity contribution in [2.45, 2.75) is 6.54 Å². The first-order chi connectivity index (χ1) is 8.85. The Labute approximate surface area is 109 Å². The summed E-state index contributed by atoms with van der Waals surface area (Å²) in [6.07, 6.45) is 1.93. The van der Waals surface area contributed by atoms with E-state index in [0.29, 0.717) is 6.54 Å². The summed E-state index contributed by atoms with van der Waals surface area (Å²) in [7, 11) is 0. The summed E-state index contributed by atoms with van der Waals surface area (Å²) in [4.78, 5) is 0. The van der Waals surface area contributed by atoms with Crippen LogP contribution in [0.2, 0.25) is 0 Å². The molecule has 0 aliphatic carbocycles. The smallest absolute Gasteiger partial charge is 0.192 e.